The van der Waals surface area contributed by atoms with Crippen molar-refractivity contribution in [2.24, 2.45) is 0 Å². The lowest BCUT2D eigenvalue weighted by atomic mass is 10.3. The van der Waals surface area contributed by atoms with E-state index in [0.29, 0.717) is 28.6 Å². The van der Waals surface area contributed by atoms with E-state index in [-0.39, 0.29) is 5.82 Å². The van der Waals surface area contributed by atoms with Gasteiger partial charge in [-0.2, -0.15) is 9.97 Å². The summed E-state index contributed by atoms with van der Waals surface area (Å²) in [6.45, 7) is 0. The van der Waals surface area contributed by atoms with Gasteiger partial charge in [-0.05, 0) is 24.3 Å². The molecule has 0 amide bonds. The molecule has 3 rings (SSSR count). The monoisotopic (exact) mass is 284 g/mol. The second-order valence-electron chi connectivity index (χ2n) is 4.63. The minimum Gasteiger partial charge on any atom is -0.347 e. The maximum atomic E-state index is 13.0. The summed E-state index contributed by atoms with van der Waals surface area (Å²) in [7, 11) is 3.69. The Balaban J connectivity index is 2.09. The van der Waals surface area contributed by atoms with Gasteiger partial charge in [-0.3, -0.25) is 0 Å². The number of anilines is 3. The Labute approximate surface area is 120 Å². The molecule has 106 valence electrons. The maximum Gasteiger partial charge on any atom is 0.228 e. The van der Waals surface area contributed by atoms with Gasteiger partial charge in [0.15, 0.2) is 17.0 Å². The van der Waals surface area contributed by atoms with Crippen molar-refractivity contribution in [1.29, 1.82) is 0 Å². The number of hydrogen-bond acceptors (Lipinski definition) is 6. The molecule has 0 radical (unpaired) electrons. The highest BCUT2D eigenvalue weighted by molar-refractivity contribution is 5.85. The molecular weight excluding hydrogens is 271 g/mol. The number of benzene rings is 1. The van der Waals surface area contributed by atoms with Crippen molar-refractivity contribution in [3.05, 3.63) is 42.5 Å². The summed E-state index contributed by atoms with van der Waals surface area (Å²) in [4.78, 5) is 19.0. The molecule has 3 aromatic rings. The van der Waals surface area contributed by atoms with Crippen LogP contribution in [0.5, 0.6) is 0 Å². The van der Waals surface area contributed by atoms with E-state index in [4.69, 9.17) is 0 Å². The molecule has 0 unspecified atom stereocenters. The van der Waals surface area contributed by atoms with Gasteiger partial charge < -0.3 is 10.2 Å². The largest absolute Gasteiger partial charge is 0.347 e. The molecule has 21 heavy (non-hydrogen) atoms. The number of fused-ring (bicyclic) bond motifs is 1. The average molecular weight is 284 g/mol. The van der Waals surface area contributed by atoms with Crippen molar-refractivity contribution in [1.82, 2.24) is 19.9 Å². The van der Waals surface area contributed by atoms with Crippen molar-refractivity contribution in [2.45, 2.75) is 0 Å². The summed E-state index contributed by atoms with van der Waals surface area (Å²) in [5, 5.41) is 3.12. The van der Waals surface area contributed by atoms with Crippen molar-refractivity contribution in [3.8, 4) is 0 Å². The van der Waals surface area contributed by atoms with Crippen LogP contribution in [0.25, 0.3) is 11.2 Å². The van der Waals surface area contributed by atoms with Crippen molar-refractivity contribution < 1.29 is 4.39 Å². The first-order chi connectivity index (χ1) is 10.1. The van der Waals surface area contributed by atoms with Crippen LogP contribution in [0.2, 0.25) is 0 Å². The van der Waals surface area contributed by atoms with Gasteiger partial charge in [-0.15, -0.1) is 0 Å². The molecule has 0 aliphatic rings. The molecule has 0 bridgehead atoms. The van der Waals surface area contributed by atoms with Gasteiger partial charge in [-0.1, -0.05) is 0 Å². The fourth-order valence-corrected chi connectivity index (χ4v) is 1.81. The third-order valence-corrected chi connectivity index (χ3v) is 2.83. The number of aromatic nitrogens is 4. The highest BCUT2D eigenvalue weighted by atomic mass is 19.1. The SMILES string of the molecule is CN(C)c1nc(Nc2ccc(F)cc2)c2nccnc2n1. The molecule has 0 fully saturated rings. The topological polar surface area (TPSA) is 66.8 Å². The normalized spacial score (nSPS) is 10.6. The lowest BCUT2D eigenvalue weighted by Crippen LogP contribution is -2.14. The van der Waals surface area contributed by atoms with E-state index in [0.717, 1.165) is 0 Å². The summed E-state index contributed by atoms with van der Waals surface area (Å²) < 4.78 is 13.0. The van der Waals surface area contributed by atoms with E-state index in [9.17, 15) is 4.39 Å². The molecule has 1 N–H and O–H groups in total. The first-order valence-corrected chi connectivity index (χ1v) is 6.32. The Morgan fingerprint density at radius 1 is 1.00 bits per heavy atom. The second kappa shape index (κ2) is 5.28. The molecule has 7 heteroatoms. The van der Waals surface area contributed by atoms with Gasteiger partial charge >= 0.3 is 0 Å². The Morgan fingerprint density at radius 3 is 2.43 bits per heavy atom. The molecule has 0 spiro atoms. The summed E-state index contributed by atoms with van der Waals surface area (Å²) in [5.74, 6) is 0.762. The van der Waals surface area contributed by atoms with Gasteiger partial charge in [-0.25, -0.2) is 14.4 Å². The smallest absolute Gasteiger partial charge is 0.228 e. The Hall–Kier alpha value is -2.83. The number of nitrogens with one attached hydrogen (secondary N) is 1. The Morgan fingerprint density at radius 2 is 1.71 bits per heavy atom. The Kier molecular flexibility index (Phi) is 3.31. The van der Waals surface area contributed by atoms with Crippen molar-refractivity contribution in [3.63, 3.8) is 0 Å². The molecule has 0 aliphatic carbocycles. The maximum absolute atomic E-state index is 13.0. The summed E-state index contributed by atoms with van der Waals surface area (Å²) >= 11 is 0. The lowest BCUT2D eigenvalue weighted by molar-refractivity contribution is 0.628. The van der Waals surface area contributed by atoms with E-state index < -0.39 is 0 Å². The number of hydrogen-bond donors (Lipinski definition) is 1. The predicted molar refractivity (Wildman–Crippen MR) is 79.1 cm³/mol. The molecule has 2 aromatic heterocycles. The Bertz CT molecular complexity index is 772. The molecule has 0 saturated carbocycles. The molecular formula is C14H13FN6. The quantitative estimate of drug-likeness (QED) is 0.796. The van der Waals surface area contributed by atoms with Crippen LogP contribution in [0.4, 0.5) is 21.8 Å². The molecule has 0 saturated heterocycles. The molecule has 0 aliphatic heterocycles. The zero-order valence-corrected chi connectivity index (χ0v) is 11.6. The van der Waals surface area contributed by atoms with E-state index in [2.05, 4.69) is 25.3 Å². The summed E-state index contributed by atoms with van der Waals surface area (Å²) in [5.41, 5.74) is 1.78. The summed E-state index contributed by atoms with van der Waals surface area (Å²) in [6.07, 6.45) is 3.16. The third-order valence-electron chi connectivity index (χ3n) is 2.83. The minimum atomic E-state index is -0.290. The fraction of sp³-hybridized carbons (Fsp3) is 0.143. The second-order valence-corrected chi connectivity index (χ2v) is 4.63. The zero-order chi connectivity index (χ0) is 14.8. The van der Waals surface area contributed by atoms with Gasteiger partial charge in [0.05, 0.1) is 0 Å². The van der Waals surface area contributed by atoms with Crippen LogP contribution in [0, 0.1) is 5.82 Å². The number of nitrogens with zero attached hydrogens (tertiary/aromatic N) is 5. The van der Waals surface area contributed by atoms with Gasteiger partial charge in [0.2, 0.25) is 5.95 Å². The van der Waals surface area contributed by atoms with Crippen LogP contribution >= 0.6 is 0 Å². The summed E-state index contributed by atoms with van der Waals surface area (Å²) in [6, 6.07) is 6.03. The van der Waals surface area contributed by atoms with Gasteiger partial charge in [0, 0.05) is 32.2 Å². The molecule has 2 heterocycles. The van der Waals surface area contributed by atoms with E-state index in [1.807, 2.05) is 14.1 Å². The van der Waals surface area contributed by atoms with Crippen molar-refractivity contribution in [2.75, 3.05) is 24.3 Å². The van der Waals surface area contributed by atoms with Crippen LogP contribution in [-0.4, -0.2) is 34.0 Å². The van der Waals surface area contributed by atoms with E-state index >= 15 is 0 Å². The van der Waals surface area contributed by atoms with Crippen LogP contribution in [0.1, 0.15) is 0 Å². The highest BCUT2D eigenvalue weighted by Crippen LogP contribution is 2.23. The van der Waals surface area contributed by atoms with Crippen LogP contribution in [-0.2, 0) is 0 Å². The minimum absolute atomic E-state index is 0.290. The predicted octanol–water partition coefficient (Wildman–Crippen LogP) is 2.37. The first-order valence-electron chi connectivity index (χ1n) is 6.32. The van der Waals surface area contributed by atoms with E-state index in [1.54, 1.807) is 29.4 Å². The van der Waals surface area contributed by atoms with Crippen LogP contribution in [0.15, 0.2) is 36.7 Å². The lowest BCUT2D eigenvalue weighted by Gasteiger charge is -2.13. The highest BCUT2D eigenvalue weighted by Gasteiger charge is 2.11. The number of halogens is 1. The van der Waals surface area contributed by atoms with Crippen molar-refractivity contribution >= 4 is 28.6 Å². The van der Waals surface area contributed by atoms with Crippen LogP contribution < -0.4 is 10.2 Å². The van der Waals surface area contributed by atoms with Gasteiger partial charge in [0.25, 0.3) is 0 Å². The fourth-order valence-electron chi connectivity index (χ4n) is 1.81. The van der Waals surface area contributed by atoms with Crippen LogP contribution in [0.3, 0.4) is 0 Å². The van der Waals surface area contributed by atoms with Gasteiger partial charge in [0.1, 0.15) is 5.82 Å². The molecule has 6 nitrogen and oxygen atoms in total. The number of rotatable bonds is 3. The zero-order valence-electron chi connectivity index (χ0n) is 11.6. The standard InChI is InChI=1S/C14H13FN6/c1-21(2)14-19-12-11(16-7-8-17-12)13(20-14)18-10-5-3-9(15)4-6-10/h3-8H,1-2H3,(H,17,18,19,20). The molecule has 0 atom stereocenters. The molecule has 1 aromatic carbocycles. The first kappa shape index (κ1) is 13.2. The average Bonchev–Trinajstić information content (AvgIpc) is 2.49. The van der Waals surface area contributed by atoms with E-state index in [1.165, 1.54) is 12.1 Å². The third kappa shape index (κ3) is 2.71.